The highest BCUT2D eigenvalue weighted by molar-refractivity contribution is 6.19. The molecule has 0 unspecified atom stereocenters. The van der Waals surface area contributed by atoms with Crippen LogP contribution < -0.4 is 4.74 Å². The third-order valence-electron chi connectivity index (χ3n) is 5.27. The Kier molecular flexibility index (Phi) is 6.10. The molecule has 1 fully saturated rings. The largest absolute Gasteiger partial charge is 0.490 e. The number of imide groups is 1. The molecule has 0 spiro atoms. The zero-order chi connectivity index (χ0) is 20.1. The first-order chi connectivity index (χ1) is 13.6. The standard InChI is InChI=1S/C23H24N2O3/c1-3-13-28-19-11-9-17(10-12-19)14-20-16(2)21(15-24)23(27)25(22(20)26)18-7-5-4-6-8-18/h3,9-12,14,18H,1,4-8,13H2,2H3/b20-14+. The van der Waals surface area contributed by atoms with E-state index in [-0.39, 0.29) is 17.5 Å². The fourth-order valence-electron chi connectivity index (χ4n) is 3.75. The van der Waals surface area contributed by atoms with E-state index in [0.717, 1.165) is 37.7 Å². The van der Waals surface area contributed by atoms with Gasteiger partial charge in [-0.15, -0.1) is 0 Å². The first-order valence-electron chi connectivity index (χ1n) is 9.61. The number of carbonyl (C=O) groups excluding carboxylic acids is 2. The molecule has 1 aliphatic carbocycles. The molecule has 1 aromatic rings. The van der Waals surface area contributed by atoms with E-state index in [1.165, 1.54) is 4.90 Å². The zero-order valence-corrected chi connectivity index (χ0v) is 16.1. The number of nitrogens with zero attached hydrogens (tertiary/aromatic N) is 2. The third-order valence-corrected chi connectivity index (χ3v) is 5.27. The summed E-state index contributed by atoms with van der Waals surface area (Å²) in [7, 11) is 0. The lowest BCUT2D eigenvalue weighted by Crippen LogP contribution is -2.49. The first kappa shape index (κ1) is 19.6. The molecule has 2 amide bonds. The fraction of sp³-hybridized carbons (Fsp3) is 0.348. The molecule has 0 N–H and O–H groups in total. The van der Waals surface area contributed by atoms with Gasteiger partial charge < -0.3 is 4.74 Å². The van der Waals surface area contributed by atoms with Gasteiger partial charge in [0.25, 0.3) is 11.8 Å². The van der Waals surface area contributed by atoms with Crippen molar-refractivity contribution >= 4 is 17.9 Å². The quantitative estimate of drug-likeness (QED) is 0.439. The van der Waals surface area contributed by atoms with Gasteiger partial charge in [-0.1, -0.05) is 44.1 Å². The molecule has 0 bridgehead atoms. The highest BCUT2D eigenvalue weighted by Gasteiger charge is 2.39. The lowest BCUT2D eigenvalue weighted by Gasteiger charge is -2.36. The van der Waals surface area contributed by atoms with Crippen molar-refractivity contribution < 1.29 is 14.3 Å². The number of ether oxygens (including phenoxy) is 1. The average molecular weight is 376 g/mol. The minimum atomic E-state index is -0.456. The van der Waals surface area contributed by atoms with E-state index in [0.29, 0.717) is 23.5 Å². The molecule has 0 saturated heterocycles. The Morgan fingerprint density at radius 2 is 1.86 bits per heavy atom. The molecule has 1 heterocycles. The zero-order valence-electron chi connectivity index (χ0n) is 16.1. The summed E-state index contributed by atoms with van der Waals surface area (Å²) in [6.07, 6.45) is 8.14. The summed E-state index contributed by atoms with van der Waals surface area (Å²) in [6.45, 7) is 5.71. The maximum atomic E-state index is 13.2. The van der Waals surface area contributed by atoms with Gasteiger partial charge in [-0.05, 0) is 49.1 Å². The minimum Gasteiger partial charge on any atom is -0.490 e. The summed E-state index contributed by atoms with van der Waals surface area (Å²) in [5.41, 5.74) is 1.71. The Balaban J connectivity index is 1.95. The number of benzene rings is 1. The van der Waals surface area contributed by atoms with Crippen molar-refractivity contribution in [3.63, 3.8) is 0 Å². The van der Waals surface area contributed by atoms with Crippen LogP contribution in [0.4, 0.5) is 0 Å². The number of hydrogen-bond acceptors (Lipinski definition) is 4. The van der Waals surface area contributed by atoms with Crippen LogP contribution in [-0.2, 0) is 9.59 Å². The van der Waals surface area contributed by atoms with Crippen LogP contribution in [0.25, 0.3) is 6.08 Å². The molecule has 1 aliphatic heterocycles. The Morgan fingerprint density at radius 1 is 1.18 bits per heavy atom. The van der Waals surface area contributed by atoms with Gasteiger partial charge >= 0.3 is 0 Å². The second kappa shape index (κ2) is 8.71. The number of nitriles is 1. The molecular weight excluding hydrogens is 352 g/mol. The van der Waals surface area contributed by atoms with E-state index in [1.807, 2.05) is 30.3 Å². The second-order valence-electron chi connectivity index (χ2n) is 7.11. The number of carbonyl (C=O) groups is 2. The topological polar surface area (TPSA) is 70.4 Å². The maximum absolute atomic E-state index is 13.2. The van der Waals surface area contributed by atoms with Crippen LogP contribution in [0.3, 0.4) is 0 Å². The predicted octanol–water partition coefficient (Wildman–Crippen LogP) is 4.18. The Morgan fingerprint density at radius 3 is 2.46 bits per heavy atom. The molecule has 1 aromatic carbocycles. The normalized spacial score (nSPS) is 19.7. The summed E-state index contributed by atoms with van der Waals surface area (Å²) in [5.74, 6) is -0.0522. The molecule has 2 aliphatic rings. The van der Waals surface area contributed by atoms with E-state index < -0.39 is 5.91 Å². The molecule has 1 saturated carbocycles. The summed E-state index contributed by atoms with van der Waals surface area (Å²) >= 11 is 0. The van der Waals surface area contributed by atoms with E-state index in [9.17, 15) is 14.9 Å². The monoisotopic (exact) mass is 376 g/mol. The fourth-order valence-corrected chi connectivity index (χ4v) is 3.75. The number of amides is 2. The molecule has 28 heavy (non-hydrogen) atoms. The minimum absolute atomic E-state index is 0.0577. The average Bonchev–Trinajstić information content (AvgIpc) is 2.72. The summed E-state index contributed by atoms with van der Waals surface area (Å²) in [4.78, 5) is 27.3. The maximum Gasteiger partial charge on any atom is 0.271 e. The van der Waals surface area contributed by atoms with Crippen LogP contribution >= 0.6 is 0 Å². The van der Waals surface area contributed by atoms with E-state index in [2.05, 4.69) is 6.58 Å². The van der Waals surface area contributed by atoms with Gasteiger partial charge in [-0.25, -0.2) is 0 Å². The Bertz CT molecular complexity index is 881. The third kappa shape index (κ3) is 3.91. The summed E-state index contributed by atoms with van der Waals surface area (Å²) in [5, 5.41) is 9.52. The Labute approximate surface area is 165 Å². The second-order valence-corrected chi connectivity index (χ2v) is 7.11. The van der Waals surface area contributed by atoms with Crippen LogP contribution in [0.5, 0.6) is 5.75 Å². The SMILES string of the molecule is C=CCOc1ccc(/C=C2/C(=O)N(C3CCCCC3)C(=O)C(C#N)=C2C)cc1. The lowest BCUT2D eigenvalue weighted by molar-refractivity contribution is -0.143. The Hall–Kier alpha value is -3.13. The molecule has 0 aromatic heterocycles. The van der Waals surface area contributed by atoms with Crippen molar-refractivity contribution in [2.45, 2.75) is 45.1 Å². The van der Waals surface area contributed by atoms with Gasteiger partial charge in [0.2, 0.25) is 0 Å². The van der Waals surface area contributed by atoms with Crippen molar-refractivity contribution in [2.75, 3.05) is 6.61 Å². The van der Waals surface area contributed by atoms with Gasteiger partial charge in [-0.3, -0.25) is 14.5 Å². The van der Waals surface area contributed by atoms with E-state index >= 15 is 0 Å². The highest BCUT2D eigenvalue weighted by atomic mass is 16.5. The van der Waals surface area contributed by atoms with Gasteiger partial charge in [0, 0.05) is 11.6 Å². The van der Waals surface area contributed by atoms with Gasteiger partial charge in [0.1, 0.15) is 24.0 Å². The van der Waals surface area contributed by atoms with Crippen LogP contribution in [0, 0.1) is 11.3 Å². The van der Waals surface area contributed by atoms with Crippen molar-refractivity contribution in [1.29, 1.82) is 5.26 Å². The van der Waals surface area contributed by atoms with E-state index in [4.69, 9.17) is 4.74 Å². The number of rotatable bonds is 5. The van der Waals surface area contributed by atoms with Gasteiger partial charge in [-0.2, -0.15) is 5.26 Å². The molecular formula is C23H24N2O3. The van der Waals surface area contributed by atoms with Gasteiger partial charge in [0.15, 0.2) is 0 Å². The van der Waals surface area contributed by atoms with Crippen molar-refractivity contribution in [3.05, 3.63) is 59.2 Å². The van der Waals surface area contributed by atoms with Crippen molar-refractivity contribution in [2.24, 2.45) is 0 Å². The van der Waals surface area contributed by atoms with Crippen LogP contribution in [0.2, 0.25) is 0 Å². The molecule has 0 atom stereocenters. The van der Waals surface area contributed by atoms with Crippen molar-refractivity contribution in [1.82, 2.24) is 4.90 Å². The summed E-state index contributed by atoms with van der Waals surface area (Å²) < 4.78 is 5.48. The lowest BCUT2D eigenvalue weighted by atomic mass is 9.88. The summed E-state index contributed by atoms with van der Waals surface area (Å²) in [6, 6.07) is 9.21. The molecule has 0 radical (unpaired) electrons. The van der Waals surface area contributed by atoms with E-state index in [1.54, 1.807) is 19.1 Å². The predicted molar refractivity (Wildman–Crippen MR) is 107 cm³/mol. The molecule has 5 heteroatoms. The molecule has 3 rings (SSSR count). The molecule has 5 nitrogen and oxygen atoms in total. The number of hydrogen-bond donors (Lipinski definition) is 0. The molecule has 144 valence electrons. The van der Waals surface area contributed by atoms with Crippen LogP contribution in [-0.4, -0.2) is 29.4 Å². The first-order valence-corrected chi connectivity index (χ1v) is 9.61. The van der Waals surface area contributed by atoms with Gasteiger partial charge in [0.05, 0.1) is 0 Å². The van der Waals surface area contributed by atoms with Crippen molar-refractivity contribution in [3.8, 4) is 11.8 Å². The highest BCUT2D eigenvalue weighted by Crippen LogP contribution is 2.32. The smallest absolute Gasteiger partial charge is 0.271 e. The van der Waals surface area contributed by atoms with Crippen LogP contribution in [0.1, 0.15) is 44.6 Å². The van der Waals surface area contributed by atoms with Crippen LogP contribution in [0.15, 0.2) is 53.6 Å².